The van der Waals surface area contributed by atoms with Gasteiger partial charge in [-0.1, -0.05) is 54.6 Å². The molecule has 0 aliphatic rings. The van der Waals surface area contributed by atoms with E-state index in [4.69, 9.17) is 9.72 Å². The molecule has 0 saturated heterocycles. The number of nitrogens with zero attached hydrogens (tertiary/aromatic N) is 3. The van der Waals surface area contributed by atoms with E-state index in [9.17, 15) is 0 Å². The van der Waals surface area contributed by atoms with Crippen LogP contribution in [0.2, 0.25) is 0 Å². The van der Waals surface area contributed by atoms with Crippen LogP contribution in [-0.4, -0.2) is 21.1 Å². The molecule has 4 heteroatoms. The van der Waals surface area contributed by atoms with Gasteiger partial charge in [0.1, 0.15) is 11.4 Å². The topological polar surface area (TPSA) is 31.5 Å². The molecule has 0 bridgehead atoms. The second-order valence-electron chi connectivity index (χ2n) is 9.22. The summed E-state index contributed by atoms with van der Waals surface area (Å²) in [6.45, 7) is 0. The van der Waals surface area contributed by atoms with E-state index in [0.717, 1.165) is 33.5 Å². The summed E-state index contributed by atoms with van der Waals surface area (Å²) in [6, 6.07) is 38.5. The van der Waals surface area contributed by atoms with Crippen molar-refractivity contribution < 1.29 is 4.74 Å². The first kappa shape index (κ1) is 19.5. The highest BCUT2D eigenvalue weighted by atomic mass is 16.5. The molecule has 0 unspecified atom stereocenters. The van der Waals surface area contributed by atoms with Gasteiger partial charge in [-0.3, -0.25) is 4.40 Å². The third kappa shape index (κ3) is 2.45. The molecule has 0 fully saturated rings. The molecule has 4 nitrogen and oxygen atoms in total. The summed E-state index contributed by atoms with van der Waals surface area (Å²) in [4.78, 5) is 5.12. The quantitative estimate of drug-likeness (QED) is 0.244. The molecule has 0 spiro atoms. The number of imidazole rings is 1. The van der Waals surface area contributed by atoms with Gasteiger partial charge < -0.3 is 9.30 Å². The van der Waals surface area contributed by atoms with E-state index >= 15 is 0 Å². The fraction of sp³-hybridized carbons (Fsp3) is 0.0312. The van der Waals surface area contributed by atoms with Gasteiger partial charge in [0.05, 0.1) is 34.7 Å². The van der Waals surface area contributed by atoms with Crippen LogP contribution in [0.1, 0.15) is 0 Å². The number of para-hydroxylation sites is 4. The summed E-state index contributed by atoms with van der Waals surface area (Å²) >= 11 is 0. The molecule has 3 aromatic heterocycles. The molecular weight excluding hydrogens is 442 g/mol. The molecule has 8 rings (SSSR count). The zero-order chi connectivity index (χ0) is 23.8. The van der Waals surface area contributed by atoms with Crippen molar-refractivity contribution in [1.29, 1.82) is 0 Å². The van der Waals surface area contributed by atoms with E-state index in [1.165, 1.54) is 38.1 Å². The van der Waals surface area contributed by atoms with Crippen LogP contribution in [0.25, 0.3) is 65.8 Å². The van der Waals surface area contributed by atoms with Gasteiger partial charge in [0, 0.05) is 27.2 Å². The largest absolute Gasteiger partial charge is 0.497 e. The predicted molar refractivity (Wildman–Crippen MR) is 149 cm³/mol. The smallest absolute Gasteiger partial charge is 0.146 e. The van der Waals surface area contributed by atoms with Crippen molar-refractivity contribution in [2.24, 2.45) is 0 Å². The Morgan fingerprint density at radius 1 is 0.611 bits per heavy atom. The van der Waals surface area contributed by atoms with E-state index in [1.54, 1.807) is 7.11 Å². The maximum atomic E-state index is 5.60. The number of ether oxygens (including phenoxy) is 1. The fourth-order valence-corrected chi connectivity index (χ4v) is 5.85. The normalized spacial score (nSPS) is 12.0. The van der Waals surface area contributed by atoms with E-state index in [2.05, 4.69) is 112 Å². The van der Waals surface area contributed by atoms with Gasteiger partial charge in [0.15, 0.2) is 0 Å². The summed E-state index contributed by atoms with van der Waals surface area (Å²) in [5.74, 6) is 0.831. The molecule has 0 aliphatic heterocycles. The summed E-state index contributed by atoms with van der Waals surface area (Å²) in [7, 11) is 1.71. The number of methoxy groups -OCH3 is 1. The van der Waals surface area contributed by atoms with Crippen LogP contribution in [-0.2, 0) is 0 Å². The standard InChI is InChI=1S/C32H21N3O/c1-36-21-15-16-22-23-17-18-29-30(24-11-5-7-13-27(24)34(29)20-9-3-2-4-10-20)31(23)35-28-14-8-6-12-26(28)33-32(35)25(22)19-21/h2-19H,1H3. The Morgan fingerprint density at radius 2 is 1.36 bits per heavy atom. The van der Waals surface area contributed by atoms with E-state index in [-0.39, 0.29) is 0 Å². The van der Waals surface area contributed by atoms with Gasteiger partial charge >= 0.3 is 0 Å². The number of hydrogen-bond donors (Lipinski definition) is 0. The highest BCUT2D eigenvalue weighted by Crippen LogP contribution is 2.41. The van der Waals surface area contributed by atoms with E-state index in [1.807, 2.05) is 6.07 Å². The lowest BCUT2D eigenvalue weighted by Crippen LogP contribution is -1.95. The van der Waals surface area contributed by atoms with Crippen LogP contribution in [0.15, 0.2) is 109 Å². The number of hydrogen-bond acceptors (Lipinski definition) is 2. The van der Waals surface area contributed by atoms with Crippen molar-refractivity contribution in [3.8, 4) is 11.4 Å². The maximum absolute atomic E-state index is 5.60. The van der Waals surface area contributed by atoms with E-state index < -0.39 is 0 Å². The number of benzene rings is 5. The highest BCUT2D eigenvalue weighted by Gasteiger charge is 2.20. The van der Waals surface area contributed by atoms with Crippen molar-refractivity contribution in [1.82, 2.24) is 14.0 Å². The van der Waals surface area contributed by atoms with Crippen LogP contribution >= 0.6 is 0 Å². The number of rotatable bonds is 2. The van der Waals surface area contributed by atoms with Crippen LogP contribution in [0, 0.1) is 0 Å². The first-order valence-corrected chi connectivity index (χ1v) is 12.1. The molecule has 170 valence electrons. The summed E-state index contributed by atoms with van der Waals surface area (Å²) in [5.41, 5.74) is 7.74. The van der Waals surface area contributed by atoms with E-state index in [0.29, 0.717) is 0 Å². The fourth-order valence-electron chi connectivity index (χ4n) is 5.85. The summed E-state index contributed by atoms with van der Waals surface area (Å²) in [6.07, 6.45) is 0. The highest BCUT2D eigenvalue weighted by molar-refractivity contribution is 6.26. The Balaban J connectivity index is 1.71. The minimum atomic E-state index is 0.831. The van der Waals surface area contributed by atoms with Crippen LogP contribution < -0.4 is 4.74 Å². The molecule has 3 heterocycles. The lowest BCUT2D eigenvalue weighted by molar-refractivity contribution is 0.415. The monoisotopic (exact) mass is 463 g/mol. The molecule has 0 aliphatic carbocycles. The minimum absolute atomic E-state index is 0.831. The second-order valence-corrected chi connectivity index (χ2v) is 9.22. The molecule has 0 amide bonds. The SMILES string of the molecule is COc1ccc2c(c1)c1nc3ccccc3n1c1c2ccc2c1c1ccccc1n2-c1ccccc1. The predicted octanol–water partition coefficient (Wildman–Crippen LogP) is 7.90. The van der Waals surface area contributed by atoms with Crippen LogP contribution in [0.5, 0.6) is 5.75 Å². The summed E-state index contributed by atoms with van der Waals surface area (Å²) < 4.78 is 10.3. The average Bonchev–Trinajstić information content (AvgIpc) is 3.50. The van der Waals surface area contributed by atoms with Crippen molar-refractivity contribution in [3.05, 3.63) is 109 Å². The number of aromatic nitrogens is 3. The van der Waals surface area contributed by atoms with Gasteiger partial charge in [-0.05, 0) is 60.0 Å². The Morgan fingerprint density at radius 3 is 2.22 bits per heavy atom. The first-order chi connectivity index (χ1) is 17.8. The minimum Gasteiger partial charge on any atom is -0.497 e. The number of fused-ring (bicyclic) bond motifs is 12. The molecule has 0 saturated carbocycles. The lowest BCUT2D eigenvalue weighted by atomic mass is 10.0. The van der Waals surface area contributed by atoms with Gasteiger partial charge in [-0.25, -0.2) is 4.98 Å². The Labute approximate surface area is 206 Å². The van der Waals surface area contributed by atoms with Gasteiger partial charge in [-0.15, -0.1) is 0 Å². The zero-order valence-electron chi connectivity index (χ0n) is 19.6. The van der Waals surface area contributed by atoms with Gasteiger partial charge in [0.2, 0.25) is 0 Å². The Kier molecular flexibility index (Phi) is 3.84. The maximum Gasteiger partial charge on any atom is 0.146 e. The molecule has 36 heavy (non-hydrogen) atoms. The lowest BCUT2D eigenvalue weighted by Gasteiger charge is -2.12. The summed E-state index contributed by atoms with van der Waals surface area (Å²) in [5, 5.41) is 5.93. The Bertz CT molecular complexity index is 2130. The second kappa shape index (κ2) is 7.09. The van der Waals surface area contributed by atoms with Gasteiger partial charge in [-0.2, -0.15) is 0 Å². The third-order valence-electron chi connectivity index (χ3n) is 7.37. The molecule has 0 radical (unpaired) electrons. The van der Waals surface area contributed by atoms with Crippen molar-refractivity contribution in [3.63, 3.8) is 0 Å². The molecule has 0 atom stereocenters. The first-order valence-electron chi connectivity index (χ1n) is 12.1. The Hall–Kier alpha value is -4.83. The molecule has 8 aromatic rings. The van der Waals surface area contributed by atoms with Crippen molar-refractivity contribution in [2.75, 3.05) is 7.11 Å². The molecular formula is C32H21N3O. The van der Waals surface area contributed by atoms with Crippen LogP contribution in [0.3, 0.4) is 0 Å². The molecule has 0 N–H and O–H groups in total. The van der Waals surface area contributed by atoms with Gasteiger partial charge in [0.25, 0.3) is 0 Å². The van der Waals surface area contributed by atoms with Crippen molar-refractivity contribution >= 4 is 60.2 Å². The zero-order valence-corrected chi connectivity index (χ0v) is 19.6. The van der Waals surface area contributed by atoms with Crippen LogP contribution in [0.4, 0.5) is 0 Å². The molecule has 5 aromatic carbocycles. The average molecular weight is 464 g/mol. The van der Waals surface area contributed by atoms with Crippen molar-refractivity contribution in [2.45, 2.75) is 0 Å². The number of pyridine rings is 1. The third-order valence-corrected chi connectivity index (χ3v) is 7.37.